The lowest BCUT2D eigenvalue weighted by Crippen LogP contribution is -2.28. The molecule has 0 spiro atoms. The molecule has 1 aromatic heterocycles. The van der Waals surface area contributed by atoms with Crippen molar-refractivity contribution >= 4 is 22.5 Å². The molecule has 0 aliphatic heterocycles. The van der Waals surface area contributed by atoms with Gasteiger partial charge in [-0.2, -0.15) is 10.4 Å². The van der Waals surface area contributed by atoms with Crippen molar-refractivity contribution in [2.24, 2.45) is 5.92 Å². The van der Waals surface area contributed by atoms with Gasteiger partial charge in [0.25, 0.3) is 5.91 Å². The smallest absolute Gasteiger partial charge is 0.274 e. The summed E-state index contributed by atoms with van der Waals surface area (Å²) in [5.74, 6) is -2.87. The fourth-order valence-electron chi connectivity index (χ4n) is 3.84. The molecule has 1 saturated carbocycles. The van der Waals surface area contributed by atoms with Crippen LogP contribution >= 0.6 is 0 Å². The van der Waals surface area contributed by atoms with Crippen LogP contribution in [0.2, 0.25) is 0 Å². The molecule has 1 amide bonds. The molecular weight excluding hydrogens is 374 g/mol. The standard InChI is InChI=1S/C22H20F2N4O/c23-22(24)10-8-15(9-11-22)14-28-20(18-6-1-2-7-19(18)27-28)21(29)26-17-5-3-4-16(12-17)13-25/h1-7,12,15H,8-11,14H2,(H,26,29). The maximum atomic E-state index is 13.5. The van der Waals surface area contributed by atoms with Crippen LogP contribution in [0.25, 0.3) is 10.9 Å². The number of hydrogen-bond donors (Lipinski definition) is 1. The number of nitriles is 1. The Bertz CT molecular complexity index is 1090. The highest BCUT2D eigenvalue weighted by Crippen LogP contribution is 2.37. The van der Waals surface area contributed by atoms with Crippen molar-refractivity contribution in [3.8, 4) is 6.07 Å². The normalized spacial score (nSPS) is 16.4. The van der Waals surface area contributed by atoms with Gasteiger partial charge in [-0.15, -0.1) is 0 Å². The maximum Gasteiger partial charge on any atom is 0.274 e. The highest BCUT2D eigenvalue weighted by atomic mass is 19.3. The first kappa shape index (κ1) is 19.1. The van der Waals surface area contributed by atoms with E-state index in [0.29, 0.717) is 47.2 Å². The molecule has 0 atom stereocenters. The van der Waals surface area contributed by atoms with Crippen molar-refractivity contribution in [3.05, 3.63) is 59.8 Å². The Morgan fingerprint density at radius 2 is 1.97 bits per heavy atom. The second-order valence-electron chi connectivity index (χ2n) is 7.49. The first-order chi connectivity index (χ1) is 13.9. The summed E-state index contributed by atoms with van der Waals surface area (Å²) in [5.41, 5.74) is 2.05. The summed E-state index contributed by atoms with van der Waals surface area (Å²) in [4.78, 5) is 13.1. The quantitative estimate of drug-likeness (QED) is 0.678. The highest BCUT2D eigenvalue weighted by molar-refractivity contribution is 6.11. The van der Waals surface area contributed by atoms with E-state index in [-0.39, 0.29) is 24.7 Å². The molecule has 0 unspecified atom stereocenters. The SMILES string of the molecule is N#Cc1cccc(NC(=O)c2c3ccccc3nn2CC2CCC(F)(F)CC2)c1. The van der Waals surface area contributed by atoms with Crippen molar-refractivity contribution < 1.29 is 13.6 Å². The fourth-order valence-corrected chi connectivity index (χ4v) is 3.84. The minimum absolute atomic E-state index is 0.0532. The molecule has 1 aliphatic carbocycles. The molecule has 1 aliphatic rings. The van der Waals surface area contributed by atoms with Crippen LogP contribution in [-0.4, -0.2) is 21.6 Å². The minimum atomic E-state index is -2.59. The van der Waals surface area contributed by atoms with E-state index in [2.05, 4.69) is 10.4 Å². The van der Waals surface area contributed by atoms with Gasteiger partial charge in [-0.25, -0.2) is 8.78 Å². The number of alkyl halides is 2. The second-order valence-corrected chi connectivity index (χ2v) is 7.49. The predicted molar refractivity (Wildman–Crippen MR) is 106 cm³/mol. The molecule has 148 valence electrons. The van der Waals surface area contributed by atoms with E-state index in [1.165, 1.54) is 0 Å². The van der Waals surface area contributed by atoms with E-state index in [9.17, 15) is 13.6 Å². The van der Waals surface area contributed by atoms with Gasteiger partial charge in [0.05, 0.1) is 17.1 Å². The van der Waals surface area contributed by atoms with Gasteiger partial charge in [0.2, 0.25) is 5.92 Å². The number of hydrogen-bond acceptors (Lipinski definition) is 3. The highest BCUT2D eigenvalue weighted by Gasteiger charge is 2.35. The number of halogens is 2. The number of amides is 1. The van der Waals surface area contributed by atoms with Crippen molar-refractivity contribution in [3.63, 3.8) is 0 Å². The van der Waals surface area contributed by atoms with Crippen LogP contribution in [-0.2, 0) is 6.54 Å². The van der Waals surface area contributed by atoms with Crippen molar-refractivity contribution in [2.45, 2.75) is 38.2 Å². The van der Waals surface area contributed by atoms with Crippen LogP contribution in [0.5, 0.6) is 0 Å². The third-order valence-electron chi connectivity index (χ3n) is 5.38. The molecular formula is C22H20F2N4O. The first-order valence-corrected chi connectivity index (χ1v) is 9.60. The summed E-state index contributed by atoms with van der Waals surface area (Å²) >= 11 is 0. The molecule has 29 heavy (non-hydrogen) atoms. The van der Waals surface area contributed by atoms with Gasteiger partial charge in [0.1, 0.15) is 5.69 Å². The fraction of sp³-hybridized carbons (Fsp3) is 0.318. The lowest BCUT2D eigenvalue weighted by atomic mass is 9.87. The summed E-state index contributed by atoms with van der Waals surface area (Å²) in [6.45, 7) is 0.422. The van der Waals surface area contributed by atoms with E-state index in [1.54, 1.807) is 28.9 Å². The molecule has 1 heterocycles. The van der Waals surface area contributed by atoms with E-state index in [0.717, 1.165) is 0 Å². The van der Waals surface area contributed by atoms with Gasteiger partial charge in [-0.1, -0.05) is 24.3 Å². The van der Waals surface area contributed by atoms with Gasteiger partial charge in [-0.3, -0.25) is 9.48 Å². The number of nitrogens with zero attached hydrogens (tertiary/aromatic N) is 3. The third-order valence-corrected chi connectivity index (χ3v) is 5.38. The summed E-state index contributed by atoms with van der Waals surface area (Å²) in [7, 11) is 0. The third kappa shape index (κ3) is 4.11. The molecule has 1 fully saturated rings. The first-order valence-electron chi connectivity index (χ1n) is 9.60. The van der Waals surface area contributed by atoms with E-state index < -0.39 is 5.92 Å². The molecule has 2 aromatic carbocycles. The van der Waals surface area contributed by atoms with Crippen molar-refractivity contribution in [1.29, 1.82) is 5.26 Å². The Morgan fingerprint density at radius 3 is 2.72 bits per heavy atom. The zero-order chi connectivity index (χ0) is 20.4. The summed E-state index contributed by atoms with van der Waals surface area (Å²) in [6, 6.07) is 16.1. The van der Waals surface area contributed by atoms with Crippen LogP contribution < -0.4 is 5.32 Å². The number of fused-ring (bicyclic) bond motifs is 1. The topological polar surface area (TPSA) is 70.7 Å². The molecule has 3 aromatic rings. The molecule has 1 N–H and O–H groups in total. The molecule has 5 nitrogen and oxygen atoms in total. The Hall–Kier alpha value is -3.27. The predicted octanol–water partition coefficient (Wildman–Crippen LogP) is 4.99. The summed E-state index contributed by atoms with van der Waals surface area (Å²) < 4.78 is 28.6. The van der Waals surface area contributed by atoms with Crippen LogP contribution in [0.1, 0.15) is 41.7 Å². The summed E-state index contributed by atoms with van der Waals surface area (Å²) in [5, 5.41) is 17.2. The zero-order valence-electron chi connectivity index (χ0n) is 15.7. The van der Waals surface area contributed by atoms with Gasteiger partial charge in [0, 0.05) is 30.5 Å². The molecule has 4 rings (SSSR count). The average molecular weight is 394 g/mol. The lowest BCUT2D eigenvalue weighted by molar-refractivity contribution is -0.0476. The lowest BCUT2D eigenvalue weighted by Gasteiger charge is -2.28. The van der Waals surface area contributed by atoms with E-state index in [1.807, 2.05) is 30.3 Å². The van der Waals surface area contributed by atoms with Crippen molar-refractivity contribution in [1.82, 2.24) is 9.78 Å². The monoisotopic (exact) mass is 394 g/mol. The van der Waals surface area contributed by atoms with Gasteiger partial charge in [-0.05, 0) is 43.0 Å². The largest absolute Gasteiger partial charge is 0.321 e. The van der Waals surface area contributed by atoms with Crippen molar-refractivity contribution in [2.75, 3.05) is 5.32 Å². The number of carbonyl (C=O) groups is 1. The van der Waals surface area contributed by atoms with E-state index >= 15 is 0 Å². The molecule has 0 saturated heterocycles. The Labute approximate surface area is 166 Å². The number of aromatic nitrogens is 2. The van der Waals surface area contributed by atoms with Gasteiger partial charge >= 0.3 is 0 Å². The van der Waals surface area contributed by atoms with Crippen LogP contribution in [0.4, 0.5) is 14.5 Å². The number of rotatable bonds is 4. The second kappa shape index (κ2) is 7.63. The summed E-state index contributed by atoms with van der Waals surface area (Å²) in [6.07, 6.45) is 0.574. The number of benzene rings is 2. The van der Waals surface area contributed by atoms with Crippen LogP contribution in [0.15, 0.2) is 48.5 Å². The Kier molecular flexibility index (Phi) is 5.01. The molecule has 0 radical (unpaired) electrons. The van der Waals surface area contributed by atoms with Crippen LogP contribution in [0, 0.1) is 17.2 Å². The Balaban J connectivity index is 1.63. The minimum Gasteiger partial charge on any atom is -0.321 e. The zero-order valence-corrected chi connectivity index (χ0v) is 15.7. The van der Waals surface area contributed by atoms with Crippen LogP contribution in [0.3, 0.4) is 0 Å². The molecule has 0 bridgehead atoms. The van der Waals surface area contributed by atoms with E-state index in [4.69, 9.17) is 5.26 Å². The van der Waals surface area contributed by atoms with Gasteiger partial charge in [0.15, 0.2) is 0 Å². The average Bonchev–Trinajstić information content (AvgIpc) is 3.07. The number of nitrogens with one attached hydrogen (secondary N) is 1. The van der Waals surface area contributed by atoms with Gasteiger partial charge < -0.3 is 5.32 Å². The molecule has 7 heteroatoms. The Morgan fingerprint density at radius 1 is 1.21 bits per heavy atom. The number of anilines is 1. The maximum absolute atomic E-state index is 13.5. The number of carbonyl (C=O) groups excluding carboxylic acids is 1.